The molecule has 4 nitrogen and oxygen atoms in total. The van der Waals surface area contributed by atoms with Crippen molar-refractivity contribution < 1.29 is 9.47 Å². The van der Waals surface area contributed by atoms with E-state index in [4.69, 9.17) is 26.8 Å². The van der Waals surface area contributed by atoms with E-state index in [0.29, 0.717) is 6.61 Å². The van der Waals surface area contributed by atoms with Gasteiger partial charge in [-0.1, -0.05) is 23.7 Å². The summed E-state index contributed by atoms with van der Waals surface area (Å²) >= 11 is 6.13. The van der Waals surface area contributed by atoms with Crippen molar-refractivity contribution in [2.24, 2.45) is 5.73 Å². The molecule has 2 N–H and O–H groups in total. The molecule has 0 aliphatic rings. The van der Waals surface area contributed by atoms with E-state index >= 15 is 0 Å². The van der Waals surface area contributed by atoms with E-state index in [1.165, 1.54) is 0 Å². The number of benzene rings is 1. The van der Waals surface area contributed by atoms with Crippen molar-refractivity contribution in [1.29, 1.82) is 0 Å². The lowest BCUT2D eigenvalue weighted by molar-refractivity contribution is 0.0981. The molecule has 120 valence electrons. The number of nitrogens with zero attached hydrogens (tertiary/aromatic N) is 1. The molecule has 2 unspecified atom stereocenters. The first-order chi connectivity index (χ1) is 10.1. The van der Waals surface area contributed by atoms with Crippen LogP contribution in [0.3, 0.4) is 0 Å². The number of rotatable bonds is 10. The number of ether oxygens (including phenoxy) is 2. The fourth-order valence-corrected chi connectivity index (χ4v) is 2.75. The Morgan fingerprint density at radius 2 is 1.90 bits per heavy atom. The minimum Gasteiger partial charge on any atom is -0.385 e. The van der Waals surface area contributed by atoms with Gasteiger partial charge in [0.25, 0.3) is 0 Å². The van der Waals surface area contributed by atoms with E-state index in [9.17, 15) is 0 Å². The Bertz CT molecular complexity index is 402. The molecule has 0 heterocycles. The average Bonchev–Trinajstić information content (AvgIpc) is 2.44. The number of nitrogens with two attached hydrogens (primary N) is 1. The normalized spacial score (nSPS) is 14.4. The molecular formula is C16H27ClN2O2. The van der Waals surface area contributed by atoms with E-state index in [1.54, 1.807) is 14.2 Å². The van der Waals surface area contributed by atoms with Crippen LogP contribution >= 0.6 is 11.6 Å². The van der Waals surface area contributed by atoms with Gasteiger partial charge >= 0.3 is 0 Å². The van der Waals surface area contributed by atoms with Gasteiger partial charge in [0.15, 0.2) is 0 Å². The number of hydrogen-bond acceptors (Lipinski definition) is 4. The van der Waals surface area contributed by atoms with Crippen LogP contribution in [0.5, 0.6) is 0 Å². The molecule has 0 bridgehead atoms. The second kappa shape index (κ2) is 10.1. The van der Waals surface area contributed by atoms with Crippen LogP contribution in [0.25, 0.3) is 0 Å². The average molecular weight is 315 g/mol. The quantitative estimate of drug-likeness (QED) is 0.675. The third-order valence-electron chi connectivity index (χ3n) is 3.46. The topological polar surface area (TPSA) is 47.7 Å². The second-order valence-corrected chi connectivity index (χ2v) is 5.67. The molecule has 5 heteroatoms. The first kappa shape index (κ1) is 18.4. The molecule has 2 atom stereocenters. The predicted octanol–water partition coefficient (Wildman–Crippen LogP) is 2.71. The Morgan fingerprint density at radius 3 is 2.48 bits per heavy atom. The lowest BCUT2D eigenvalue weighted by Crippen LogP contribution is -2.42. The Labute approximate surface area is 133 Å². The summed E-state index contributed by atoms with van der Waals surface area (Å²) in [5.74, 6) is 0. The highest BCUT2D eigenvalue weighted by atomic mass is 35.5. The van der Waals surface area contributed by atoms with Gasteiger partial charge in [-0.15, -0.1) is 0 Å². The van der Waals surface area contributed by atoms with Crippen molar-refractivity contribution in [1.82, 2.24) is 4.90 Å². The molecular weight excluding hydrogens is 288 g/mol. The van der Waals surface area contributed by atoms with Crippen LogP contribution in [-0.2, 0) is 9.47 Å². The predicted molar refractivity (Wildman–Crippen MR) is 87.8 cm³/mol. The van der Waals surface area contributed by atoms with Crippen LogP contribution in [0.4, 0.5) is 0 Å². The van der Waals surface area contributed by atoms with Crippen LogP contribution in [0, 0.1) is 0 Å². The van der Waals surface area contributed by atoms with Gasteiger partial charge in [0, 0.05) is 51.0 Å². The molecule has 1 rings (SSSR count). The molecule has 1 aromatic rings. The number of methoxy groups -OCH3 is 2. The van der Waals surface area contributed by atoms with Crippen LogP contribution in [0.15, 0.2) is 24.3 Å². The first-order valence-corrected chi connectivity index (χ1v) is 7.71. The lowest BCUT2D eigenvalue weighted by Gasteiger charge is -2.34. The maximum absolute atomic E-state index is 6.24. The maximum Gasteiger partial charge on any atom is 0.0589 e. The third-order valence-corrected chi connectivity index (χ3v) is 3.69. The molecule has 0 aliphatic heterocycles. The van der Waals surface area contributed by atoms with Crippen molar-refractivity contribution in [2.75, 3.05) is 40.5 Å². The van der Waals surface area contributed by atoms with Crippen molar-refractivity contribution in [3.63, 3.8) is 0 Å². The summed E-state index contributed by atoms with van der Waals surface area (Å²) in [6.07, 6.45) is 0.962. The summed E-state index contributed by atoms with van der Waals surface area (Å²) in [5.41, 5.74) is 7.38. The Hall–Kier alpha value is -0.650. The molecule has 0 fully saturated rings. The molecule has 1 aromatic carbocycles. The standard InChI is InChI=1S/C16H27ClN2O2/c1-13(18)16(14-6-4-7-15(17)12-14)19(9-11-21-3)8-5-10-20-2/h4,6-7,12-13,16H,5,8-11,18H2,1-3H3. The number of halogens is 1. The lowest BCUT2D eigenvalue weighted by atomic mass is 9.99. The SMILES string of the molecule is COCCCN(CCOC)C(c1cccc(Cl)c1)C(C)N. The minimum absolute atomic E-state index is 0.00266. The van der Waals surface area contributed by atoms with Gasteiger partial charge in [-0.2, -0.15) is 0 Å². The van der Waals surface area contributed by atoms with Gasteiger partial charge in [0.2, 0.25) is 0 Å². The van der Waals surface area contributed by atoms with E-state index in [-0.39, 0.29) is 12.1 Å². The van der Waals surface area contributed by atoms with Crippen molar-refractivity contribution in [3.05, 3.63) is 34.9 Å². The molecule has 0 saturated carbocycles. The van der Waals surface area contributed by atoms with Crippen molar-refractivity contribution in [2.45, 2.75) is 25.4 Å². The van der Waals surface area contributed by atoms with E-state index in [2.05, 4.69) is 11.0 Å². The first-order valence-electron chi connectivity index (χ1n) is 7.33. The zero-order valence-corrected chi connectivity index (χ0v) is 14.0. The smallest absolute Gasteiger partial charge is 0.0589 e. The summed E-state index contributed by atoms with van der Waals surface area (Å²) < 4.78 is 10.4. The van der Waals surface area contributed by atoms with E-state index in [0.717, 1.165) is 36.7 Å². The Balaban J connectivity index is 2.89. The zero-order valence-electron chi connectivity index (χ0n) is 13.2. The van der Waals surface area contributed by atoms with Crippen LogP contribution in [0.2, 0.25) is 5.02 Å². The highest BCUT2D eigenvalue weighted by Crippen LogP contribution is 2.26. The largest absolute Gasteiger partial charge is 0.385 e. The summed E-state index contributed by atoms with van der Waals surface area (Å²) in [6, 6.07) is 8.05. The van der Waals surface area contributed by atoms with Gasteiger partial charge in [-0.3, -0.25) is 4.90 Å². The van der Waals surface area contributed by atoms with Crippen molar-refractivity contribution in [3.8, 4) is 0 Å². The molecule has 0 saturated heterocycles. The second-order valence-electron chi connectivity index (χ2n) is 5.23. The Morgan fingerprint density at radius 1 is 1.19 bits per heavy atom. The summed E-state index contributed by atoms with van der Waals surface area (Å²) in [6.45, 7) is 5.19. The molecule has 0 aliphatic carbocycles. The fourth-order valence-electron chi connectivity index (χ4n) is 2.55. The molecule has 0 aromatic heterocycles. The van der Waals surface area contributed by atoms with Gasteiger partial charge < -0.3 is 15.2 Å². The van der Waals surface area contributed by atoms with Gasteiger partial charge in [-0.25, -0.2) is 0 Å². The molecule has 0 amide bonds. The Kier molecular flexibility index (Phi) is 8.88. The van der Waals surface area contributed by atoms with E-state index < -0.39 is 0 Å². The van der Waals surface area contributed by atoms with Gasteiger partial charge in [0.1, 0.15) is 0 Å². The maximum atomic E-state index is 6.24. The third kappa shape index (κ3) is 6.32. The van der Waals surface area contributed by atoms with Gasteiger partial charge in [0.05, 0.1) is 6.61 Å². The fraction of sp³-hybridized carbons (Fsp3) is 0.625. The van der Waals surface area contributed by atoms with Crippen LogP contribution < -0.4 is 5.73 Å². The highest BCUT2D eigenvalue weighted by molar-refractivity contribution is 6.30. The minimum atomic E-state index is 0.00266. The van der Waals surface area contributed by atoms with Crippen LogP contribution in [-0.4, -0.2) is 51.5 Å². The molecule has 0 spiro atoms. The molecule has 0 radical (unpaired) electrons. The summed E-state index contributed by atoms with van der Waals surface area (Å²) in [7, 11) is 3.44. The highest BCUT2D eigenvalue weighted by Gasteiger charge is 2.23. The zero-order chi connectivity index (χ0) is 15.7. The van der Waals surface area contributed by atoms with Gasteiger partial charge in [-0.05, 0) is 31.0 Å². The molecule has 21 heavy (non-hydrogen) atoms. The van der Waals surface area contributed by atoms with Crippen LogP contribution in [0.1, 0.15) is 24.9 Å². The summed E-state index contributed by atoms with van der Waals surface area (Å²) in [5, 5.41) is 0.738. The van der Waals surface area contributed by atoms with Crippen molar-refractivity contribution >= 4 is 11.6 Å². The number of hydrogen-bond donors (Lipinski definition) is 1. The monoisotopic (exact) mass is 314 g/mol. The summed E-state index contributed by atoms with van der Waals surface area (Å²) in [4.78, 5) is 2.35. The van der Waals surface area contributed by atoms with E-state index in [1.807, 2.05) is 25.1 Å².